The van der Waals surface area contributed by atoms with E-state index in [4.69, 9.17) is 18.6 Å². The first kappa shape index (κ1) is 29.8. The number of benzene rings is 3. The van der Waals surface area contributed by atoms with E-state index in [2.05, 4.69) is 4.98 Å². The van der Waals surface area contributed by atoms with Crippen molar-refractivity contribution in [2.45, 2.75) is 69.8 Å². The number of carboxylic acid groups (broad SMARTS) is 1. The molecule has 0 saturated heterocycles. The third-order valence-electron chi connectivity index (χ3n) is 7.38. The summed E-state index contributed by atoms with van der Waals surface area (Å²) in [5.41, 5.74) is 1.37. The number of aryl methyl sites for hydroxylation is 1. The molecular weight excluding hydrogens is 551 g/mol. The Labute approximate surface area is 241 Å². The number of rotatable bonds is 11. The summed E-state index contributed by atoms with van der Waals surface area (Å²) in [5.74, 6) is -0.359. The smallest absolute Gasteiger partial charge is 0.418 e. The van der Waals surface area contributed by atoms with E-state index in [1.807, 2.05) is 49.4 Å². The van der Waals surface area contributed by atoms with Gasteiger partial charge in [-0.3, -0.25) is 0 Å². The molecular formula is C32H32F3NO6. The van der Waals surface area contributed by atoms with E-state index in [9.17, 15) is 23.1 Å². The van der Waals surface area contributed by atoms with Crippen LogP contribution in [-0.2, 0) is 25.6 Å². The molecule has 42 heavy (non-hydrogen) atoms. The summed E-state index contributed by atoms with van der Waals surface area (Å²) in [6.45, 7) is 1.55. The Morgan fingerprint density at radius 3 is 2.40 bits per heavy atom. The van der Waals surface area contributed by atoms with Crippen molar-refractivity contribution in [2.75, 3.05) is 6.61 Å². The minimum absolute atomic E-state index is 0.172. The van der Waals surface area contributed by atoms with Gasteiger partial charge in [0, 0.05) is 5.56 Å². The van der Waals surface area contributed by atoms with E-state index in [0.717, 1.165) is 29.2 Å². The number of carboxylic acids is 1. The van der Waals surface area contributed by atoms with Gasteiger partial charge < -0.3 is 23.7 Å². The maximum absolute atomic E-state index is 13.7. The molecule has 0 aliphatic heterocycles. The van der Waals surface area contributed by atoms with Crippen LogP contribution in [0.25, 0.3) is 22.2 Å². The predicted molar refractivity (Wildman–Crippen MR) is 149 cm³/mol. The van der Waals surface area contributed by atoms with Gasteiger partial charge in [-0.05, 0) is 61.1 Å². The van der Waals surface area contributed by atoms with Gasteiger partial charge in [-0.2, -0.15) is 13.2 Å². The summed E-state index contributed by atoms with van der Waals surface area (Å²) in [5, 5.41) is 11.8. The molecule has 222 valence electrons. The van der Waals surface area contributed by atoms with Gasteiger partial charge in [-0.15, -0.1) is 0 Å². The third kappa shape index (κ3) is 7.36. The van der Waals surface area contributed by atoms with Crippen molar-refractivity contribution in [3.8, 4) is 11.5 Å². The molecule has 0 amide bonds. The summed E-state index contributed by atoms with van der Waals surface area (Å²) in [6.07, 6.45) is -6.85. The van der Waals surface area contributed by atoms with E-state index < -0.39 is 31.0 Å². The van der Waals surface area contributed by atoms with Crippen molar-refractivity contribution in [2.24, 2.45) is 0 Å². The lowest BCUT2D eigenvalue weighted by atomic mass is 9.95. The molecule has 0 radical (unpaired) electrons. The van der Waals surface area contributed by atoms with Crippen LogP contribution in [-0.4, -0.2) is 47.2 Å². The van der Waals surface area contributed by atoms with Gasteiger partial charge in [-0.1, -0.05) is 60.7 Å². The van der Waals surface area contributed by atoms with E-state index >= 15 is 0 Å². The lowest BCUT2D eigenvalue weighted by Gasteiger charge is -2.30. The zero-order valence-corrected chi connectivity index (χ0v) is 23.0. The van der Waals surface area contributed by atoms with Crippen LogP contribution in [0.4, 0.5) is 13.2 Å². The number of alkyl halides is 3. The first-order valence-electron chi connectivity index (χ1n) is 13.9. The number of aliphatic carboxylic acids is 1. The summed E-state index contributed by atoms with van der Waals surface area (Å²) in [7, 11) is 0. The predicted octanol–water partition coefficient (Wildman–Crippen LogP) is 7.42. The molecule has 1 aliphatic carbocycles. The molecule has 0 bridgehead atoms. The van der Waals surface area contributed by atoms with Gasteiger partial charge in [0.05, 0.1) is 25.4 Å². The number of fused-ring (bicyclic) bond motifs is 1. The molecule has 1 unspecified atom stereocenters. The molecule has 1 N–H and O–H groups in total. The highest BCUT2D eigenvalue weighted by molar-refractivity contribution is 5.86. The second-order valence-corrected chi connectivity index (χ2v) is 10.4. The van der Waals surface area contributed by atoms with E-state index in [1.54, 1.807) is 6.07 Å². The van der Waals surface area contributed by atoms with Crippen molar-refractivity contribution in [1.29, 1.82) is 0 Å². The second kappa shape index (κ2) is 13.1. The largest absolute Gasteiger partial charge is 0.479 e. The molecule has 1 aliphatic rings. The minimum atomic E-state index is -4.79. The number of halogens is 3. The number of oxazole rings is 1. The van der Waals surface area contributed by atoms with E-state index in [1.165, 1.54) is 24.3 Å². The van der Waals surface area contributed by atoms with Gasteiger partial charge in [0.1, 0.15) is 11.5 Å². The monoisotopic (exact) mass is 583 g/mol. The molecule has 10 heteroatoms. The van der Waals surface area contributed by atoms with Crippen LogP contribution >= 0.6 is 0 Å². The SMILES string of the molecule is Cc1oc(-c2ccc3ccccc3c2)nc1CO[C@H]1CCC[C@@H](OCC(O[C@H](c2ccccc2)C(F)(F)F)C(=O)O)C1. The van der Waals surface area contributed by atoms with Gasteiger partial charge in [-0.25, -0.2) is 9.78 Å². The number of hydrogen-bond acceptors (Lipinski definition) is 6. The Kier molecular flexibility index (Phi) is 9.25. The summed E-state index contributed by atoms with van der Waals surface area (Å²) in [6, 6.07) is 21.0. The molecule has 0 spiro atoms. The number of carbonyl (C=O) groups is 1. The number of ether oxygens (including phenoxy) is 3. The van der Waals surface area contributed by atoms with Crippen molar-refractivity contribution < 1.29 is 41.7 Å². The standard InChI is InChI=1S/C32H32F3NO6/c1-20-27(36-30(41-20)24-15-14-21-8-5-6-11-23(21)16-24)18-39-25-12-7-13-26(17-25)40-19-28(31(37)38)42-29(32(33,34)35)22-9-3-2-4-10-22/h2-6,8-11,14-16,25-26,28-29H,7,12-13,17-19H2,1H3,(H,37,38)/t25-,26+,28?,29+/m0/s1. The van der Waals surface area contributed by atoms with Crippen LogP contribution in [0.1, 0.15) is 48.8 Å². The fourth-order valence-electron chi connectivity index (χ4n) is 5.14. The Hall–Kier alpha value is -3.73. The Bertz CT molecular complexity index is 1490. The van der Waals surface area contributed by atoms with Crippen molar-refractivity contribution in [3.05, 3.63) is 89.8 Å². The molecule has 4 atom stereocenters. The number of hydrogen-bond donors (Lipinski definition) is 1. The molecule has 1 saturated carbocycles. The summed E-state index contributed by atoms with van der Waals surface area (Å²) < 4.78 is 64.0. The Balaban J connectivity index is 1.16. The van der Waals surface area contributed by atoms with Crippen LogP contribution in [0, 0.1) is 6.92 Å². The highest BCUT2D eigenvalue weighted by Crippen LogP contribution is 2.37. The van der Waals surface area contributed by atoms with Crippen LogP contribution in [0.15, 0.2) is 77.2 Å². The molecule has 1 heterocycles. The van der Waals surface area contributed by atoms with Gasteiger partial charge in [0.15, 0.2) is 12.2 Å². The van der Waals surface area contributed by atoms with Crippen molar-refractivity contribution >= 4 is 16.7 Å². The van der Waals surface area contributed by atoms with Gasteiger partial charge in [0.2, 0.25) is 5.89 Å². The third-order valence-corrected chi connectivity index (χ3v) is 7.38. The average molecular weight is 584 g/mol. The fraction of sp³-hybridized carbons (Fsp3) is 0.375. The van der Waals surface area contributed by atoms with Crippen molar-refractivity contribution in [1.82, 2.24) is 4.98 Å². The highest BCUT2D eigenvalue weighted by Gasteiger charge is 2.44. The molecule has 4 aromatic rings. The molecule has 3 aromatic carbocycles. The molecule has 5 rings (SSSR count). The minimum Gasteiger partial charge on any atom is -0.479 e. The van der Waals surface area contributed by atoms with E-state index in [0.29, 0.717) is 30.2 Å². The van der Waals surface area contributed by atoms with Crippen LogP contribution in [0.3, 0.4) is 0 Å². The number of aromatic nitrogens is 1. The zero-order chi connectivity index (χ0) is 29.7. The topological polar surface area (TPSA) is 91.0 Å². The summed E-state index contributed by atoms with van der Waals surface area (Å²) >= 11 is 0. The average Bonchev–Trinajstić information content (AvgIpc) is 3.36. The Morgan fingerprint density at radius 1 is 1.00 bits per heavy atom. The van der Waals surface area contributed by atoms with E-state index in [-0.39, 0.29) is 24.4 Å². The second-order valence-electron chi connectivity index (χ2n) is 10.4. The van der Waals surface area contributed by atoms with Gasteiger partial charge in [0.25, 0.3) is 0 Å². The number of nitrogens with zero attached hydrogens (tertiary/aromatic N) is 1. The Morgan fingerprint density at radius 2 is 1.69 bits per heavy atom. The van der Waals surface area contributed by atoms with Crippen molar-refractivity contribution in [3.63, 3.8) is 0 Å². The van der Waals surface area contributed by atoms with Crippen LogP contribution < -0.4 is 0 Å². The fourth-order valence-corrected chi connectivity index (χ4v) is 5.14. The lowest BCUT2D eigenvalue weighted by Crippen LogP contribution is -2.38. The first-order valence-corrected chi connectivity index (χ1v) is 13.9. The highest BCUT2D eigenvalue weighted by atomic mass is 19.4. The van der Waals surface area contributed by atoms with Gasteiger partial charge >= 0.3 is 12.1 Å². The summed E-state index contributed by atoms with van der Waals surface area (Å²) in [4.78, 5) is 16.4. The molecule has 1 fully saturated rings. The maximum atomic E-state index is 13.7. The zero-order valence-electron chi connectivity index (χ0n) is 23.0. The molecule has 7 nitrogen and oxygen atoms in total. The first-order chi connectivity index (χ1) is 20.2. The quantitative estimate of drug-likeness (QED) is 0.196. The molecule has 1 aromatic heterocycles. The maximum Gasteiger partial charge on any atom is 0.418 e. The lowest BCUT2D eigenvalue weighted by molar-refractivity contribution is -0.243. The normalized spacial score (nSPS) is 19.0. The van der Waals surface area contributed by atoms with Crippen LogP contribution in [0.5, 0.6) is 0 Å². The van der Waals surface area contributed by atoms with Crippen LogP contribution in [0.2, 0.25) is 0 Å².